The van der Waals surface area contributed by atoms with Crippen LogP contribution in [0.3, 0.4) is 0 Å². The van der Waals surface area contributed by atoms with Gasteiger partial charge in [-0.1, -0.05) is 0 Å². The van der Waals surface area contributed by atoms with E-state index in [9.17, 15) is 4.79 Å². The van der Waals surface area contributed by atoms with Gasteiger partial charge in [-0.3, -0.25) is 9.69 Å². The van der Waals surface area contributed by atoms with Crippen LogP contribution in [0.1, 0.15) is 6.42 Å². The molecule has 24 heavy (non-hydrogen) atoms. The maximum absolute atomic E-state index is 12.9. The van der Waals surface area contributed by atoms with E-state index in [2.05, 4.69) is 43.7 Å². The molecule has 0 bridgehead atoms. The number of carbonyl (C=O) groups is 1. The number of likely N-dealkylation sites (N-methyl/N-ethyl adjacent to an activating group) is 2. The first-order valence-corrected chi connectivity index (χ1v) is 8.84. The first-order valence-electron chi connectivity index (χ1n) is 8.84. The monoisotopic (exact) mass is 330 g/mol. The Morgan fingerprint density at radius 1 is 1.08 bits per heavy atom. The number of fused-ring (bicyclic) bond motifs is 1. The predicted octanol–water partition coefficient (Wildman–Crippen LogP) is -0.240. The molecule has 4 rings (SSSR count). The Hall–Kier alpha value is -1.73. The number of hydrogen-bond donors (Lipinski definition) is 0. The Morgan fingerprint density at radius 3 is 2.46 bits per heavy atom. The van der Waals surface area contributed by atoms with Gasteiger partial charge in [0.05, 0.1) is 6.04 Å². The van der Waals surface area contributed by atoms with Crippen LogP contribution in [0.15, 0.2) is 18.5 Å². The summed E-state index contributed by atoms with van der Waals surface area (Å²) in [6.45, 7) is 5.55. The Kier molecular flexibility index (Phi) is 4.14. The van der Waals surface area contributed by atoms with Crippen LogP contribution in [0, 0.1) is 5.92 Å². The summed E-state index contributed by atoms with van der Waals surface area (Å²) < 4.78 is 0. The molecule has 130 valence electrons. The van der Waals surface area contributed by atoms with Gasteiger partial charge in [0.1, 0.15) is 0 Å². The van der Waals surface area contributed by atoms with Gasteiger partial charge in [-0.15, -0.1) is 0 Å². The molecule has 3 saturated heterocycles. The quantitative estimate of drug-likeness (QED) is 0.746. The average Bonchev–Trinajstić information content (AvgIpc) is 3.16. The zero-order valence-electron chi connectivity index (χ0n) is 14.5. The van der Waals surface area contributed by atoms with E-state index in [0.29, 0.717) is 17.9 Å². The Labute approximate surface area is 143 Å². The Morgan fingerprint density at radius 2 is 1.79 bits per heavy atom. The molecule has 4 heterocycles. The van der Waals surface area contributed by atoms with Gasteiger partial charge in [-0.05, 0) is 32.5 Å². The molecule has 1 amide bonds. The number of aromatic nitrogens is 2. The molecule has 3 aliphatic heterocycles. The minimum atomic E-state index is 0.0437. The Balaban J connectivity index is 1.40. The summed E-state index contributed by atoms with van der Waals surface area (Å²) >= 11 is 0. The molecule has 0 radical (unpaired) electrons. The molecule has 3 atom stereocenters. The first-order chi connectivity index (χ1) is 11.6. The van der Waals surface area contributed by atoms with Gasteiger partial charge in [-0.2, -0.15) is 0 Å². The van der Waals surface area contributed by atoms with Crippen molar-refractivity contribution in [3.05, 3.63) is 18.5 Å². The van der Waals surface area contributed by atoms with E-state index in [1.165, 1.54) is 0 Å². The van der Waals surface area contributed by atoms with Crippen molar-refractivity contribution in [3.63, 3.8) is 0 Å². The van der Waals surface area contributed by atoms with Gasteiger partial charge in [0, 0.05) is 57.7 Å². The van der Waals surface area contributed by atoms with Crippen molar-refractivity contribution < 1.29 is 4.79 Å². The summed E-state index contributed by atoms with van der Waals surface area (Å²) in [5.41, 5.74) is 0. The number of likely N-dealkylation sites (tertiary alicyclic amines) is 1. The van der Waals surface area contributed by atoms with Crippen LogP contribution in [0.2, 0.25) is 0 Å². The molecule has 0 N–H and O–H groups in total. The van der Waals surface area contributed by atoms with E-state index in [-0.39, 0.29) is 6.04 Å². The molecular weight excluding hydrogens is 304 g/mol. The molecule has 7 heteroatoms. The Bertz CT molecular complexity index is 588. The van der Waals surface area contributed by atoms with Gasteiger partial charge >= 0.3 is 0 Å². The van der Waals surface area contributed by atoms with Crippen LogP contribution in [-0.4, -0.2) is 96.0 Å². The topological polar surface area (TPSA) is 55.8 Å². The number of rotatable bonds is 2. The molecule has 2 unspecified atom stereocenters. The lowest BCUT2D eigenvalue weighted by atomic mass is 10.0. The van der Waals surface area contributed by atoms with Gasteiger partial charge in [0.15, 0.2) is 0 Å². The SMILES string of the molecule is CN1CCN(C(=O)[C@H]2CC3CN(c4ncccn4)CC3N2C)CC1. The highest BCUT2D eigenvalue weighted by Crippen LogP contribution is 2.36. The molecule has 7 nitrogen and oxygen atoms in total. The second-order valence-corrected chi connectivity index (χ2v) is 7.33. The third-order valence-corrected chi connectivity index (χ3v) is 5.88. The third-order valence-electron chi connectivity index (χ3n) is 5.88. The number of anilines is 1. The molecule has 0 aliphatic carbocycles. The van der Waals surface area contributed by atoms with Crippen molar-refractivity contribution in [3.8, 4) is 0 Å². The summed E-state index contributed by atoms with van der Waals surface area (Å²) in [5, 5.41) is 0. The molecule has 3 aliphatic rings. The van der Waals surface area contributed by atoms with Gasteiger partial charge in [-0.25, -0.2) is 9.97 Å². The molecule has 0 spiro atoms. The van der Waals surface area contributed by atoms with Crippen LogP contribution in [0.25, 0.3) is 0 Å². The number of piperazine rings is 1. The van der Waals surface area contributed by atoms with Crippen molar-refractivity contribution in [1.29, 1.82) is 0 Å². The number of carbonyl (C=O) groups excluding carboxylic acids is 1. The summed E-state index contributed by atoms with van der Waals surface area (Å²) in [6.07, 6.45) is 4.54. The highest BCUT2D eigenvalue weighted by Gasteiger charge is 2.48. The lowest BCUT2D eigenvalue weighted by molar-refractivity contribution is -0.137. The highest BCUT2D eigenvalue weighted by atomic mass is 16.2. The normalized spacial score (nSPS) is 31.5. The maximum Gasteiger partial charge on any atom is 0.240 e. The smallest absolute Gasteiger partial charge is 0.240 e. The number of nitrogens with zero attached hydrogens (tertiary/aromatic N) is 6. The minimum Gasteiger partial charge on any atom is -0.339 e. The maximum atomic E-state index is 12.9. The fraction of sp³-hybridized carbons (Fsp3) is 0.706. The fourth-order valence-corrected chi connectivity index (χ4v) is 4.36. The summed E-state index contributed by atoms with van der Waals surface area (Å²) in [4.78, 5) is 30.6. The van der Waals surface area contributed by atoms with Gasteiger partial charge in [0.25, 0.3) is 0 Å². The zero-order valence-corrected chi connectivity index (χ0v) is 14.5. The van der Waals surface area contributed by atoms with E-state index in [0.717, 1.165) is 51.6 Å². The van der Waals surface area contributed by atoms with E-state index < -0.39 is 0 Å². The third kappa shape index (κ3) is 2.75. The second kappa shape index (κ2) is 6.29. The van der Waals surface area contributed by atoms with Crippen LogP contribution < -0.4 is 4.90 Å². The molecule has 0 saturated carbocycles. The van der Waals surface area contributed by atoms with Crippen LogP contribution in [-0.2, 0) is 4.79 Å². The standard InChI is InChI=1S/C17H26N6O/c1-20-6-8-22(9-7-20)16(24)14-10-13-11-23(12-15(13)21(14)2)17-18-4-3-5-19-17/h3-5,13-15H,6-12H2,1-2H3/t13?,14-,15?/m1/s1. The number of hydrogen-bond acceptors (Lipinski definition) is 6. The zero-order chi connectivity index (χ0) is 16.7. The van der Waals surface area contributed by atoms with Crippen molar-refractivity contribution >= 4 is 11.9 Å². The van der Waals surface area contributed by atoms with Crippen LogP contribution >= 0.6 is 0 Å². The minimum absolute atomic E-state index is 0.0437. The molecule has 0 aromatic carbocycles. The summed E-state index contributed by atoms with van der Waals surface area (Å²) in [6, 6.07) is 2.31. The highest BCUT2D eigenvalue weighted by molar-refractivity contribution is 5.82. The fourth-order valence-electron chi connectivity index (χ4n) is 4.36. The largest absolute Gasteiger partial charge is 0.339 e. The van der Waals surface area contributed by atoms with Crippen molar-refractivity contribution in [2.24, 2.45) is 5.92 Å². The lowest BCUT2D eigenvalue weighted by Gasteiger charge is -2.36. The van der Waals surface area contributed by atoms with E-state index in [4.69, 9.17) is 0 Å². The summed E-state index contributed by atoms with van der Waals surface area (Å²) in [5.74, 6) is 1.66. The van der Waals surface area contributed by atoms with E-state index >= 15 is 0 Å². The first kappa shape index (κ1) is 15.8. The van der Waals surface area contributed by atoms with Crippen LogP contribution in [0.5, 0.6) is 0 Å². The van der Waals surface area contributed by atoms with Crippen molar-refractivity contribution in [1.82, 2.24) is 24.7 Å². The van der Waals surface area contributed by atoms with Crippen LogP contribution in [0.4, 0.5) is 5.95 Å². The van der Waals surface area contributed by atoms with E-state index in [1.54, 1.807) is 12.4 Å². The second-order valence-electron chi connectivity index (χ2n) is 7.33. The average molecular weight is 330 g/mol. The van der Waals surface area contributed by atoms with Gasteiger partial charge in [0.2, 0.25) is 11.9 Å². The molecule has 1 aromatic heterocycles. The van der Waals surface area contributed by atoms with Gasteiger partial charge < -0.3 is 14.7 Å². The number of amides is 1. The van der Waals surface area contributed by atoms with Crippen molar-refractivity contribution in [2.75, 3.05) is 58.3 Å². The molecule has 3 fully saturated rings. The predicted molar refractivity (Wildman–Crippen MR) is 91.8 cm³/mol. The summed E-state index contributed by atoms with van der Waals surface area (Å²) in [7, 11) is 4.23. The van der Waals surface area contributed by atoms with Crippen molar-refractivity contribution in [2.45, 2.75) is 18.5 Å². The lowest BCUT2D eigenvalue weighted by Crippen LogP contribution is -2.53. The van der Waals surface area contributed by atoms with E-state index in [1.807, 2.05) is 6.07 Å². The molecular formula is C17H26N6O. The molecule has 1 aromatic rings.